The molecular weight excluding hydrogens is 246 g/mol. The number of nitrogens with two attached hydrogens (primary N) is 1. The first-order valence-corrected chi connectivity index (χ1v) is 7.04. The second kappa shape index (κ2) is 5.54. The van der Waals surface area contributed by atoms with Crippen molar-refractivity contribution in [3.63, 3.8) is 0 Å². The smallest absolute Gasteiger partial charge is 0.258 e. The molecule has 2 aromatic rings. The SMILES string of the molecule is Cc1ccc2nc(CSCC(C)N)cc(=O)n2c1. The molecule has 4 nitrogen and oxygen atoms in total. The maximum atomic E-state index is 11.9. The Kier molecular flexibility index (Phi) is 4.04. The number of hydrogen-bond donors (Lipinski definition) is 1. The summed E-state index contributed by atoms with van der Waals surface area (Å²) in [5.41, 5.74) is 8.22. The largest absolute Gasteiger partial charge is 0.327 e. The van der Waals surface area contributed by atoms with Crippen LogP contribution in [0.3, 0.4) is 0 Å². The average Bonchev–Trinajstić information content (AvgIpc) is 2.30. The van der Waals surface area contributed by atoms with Crippen LogP contribution in [0.4, 0.5) is 0 Å². The molecule has 0 saturated heterocycles. The van der Waals surface area contributed by atoms with Crippen molar-refractivity contribution < 1.29 is 0 Å². The van der Waals surface area contributed by atoms with Gasteiger partial charge in [-0.3, -0.25) is 9.20 Å². The van der Waals surface area contributed by atoms with Gasteiger partial charge in [0, 0.05) is 29.8 Å². The molecule has 0 fully saturated rings. The highest BCUT2D eigenvalue weighted by atomic mass is 32.2. The van der Waals surface area contributed by atoms with Gasteiger partial charge in [-0.15, -0.1) is 0 Å². The van der Waals surface area contributed by atoms with E-state index in [4.69, 9.17) is 5.73 Å². The fourth-order valence-corrected chi connectivity index (χ4v) is 2.53. The Morgan fingerprint density at radius 1 is 1.50 bits per heavy atom. The summed E-state index contributed by atoms with van der Waals surface area (Å²) >= 11 is 1.70. The van der Waals surface area contributed by atoms with E-state index in [0.717, 1.165) is 22.8 Å². The zero-order valence-electron chi connectivity index (χ0n) is 10.6. The van der Waals surface area contributed by atoms with Gasteiger partial charge in [-0.1, -0.05) is 6.07 Å². The van der Waals surface area contributed by atoms with Gasteiger partial charge in [0.25, 0.3) is 5.56 Å². The predicted molar refractivity (Wildman–Crippen MR) is 76.0 cm³/mol. The number of pyridine rings is 1. The van der Waals surface area contributed by atoms with Crippen LogP contribution < -0.4 is 11.3 Å². The van der Waals surface area contributed by atoms with Crippen LogP contribution in [0, 0.1) is 6.92 Å². The Morgan fingerprint density at radius 3 is 3.00 bits per heavy atom. The Bertz CT molecular complexity index is 607. The molecule has 0 aliphatic carbocycles. The molecule has 18 heavy (non-hydrogen) atoms. The third-order valence-electron chi connectivity index (χ3n) is 2.49. The second-order valence-electron chi connectivity index (χ2n) is 4.51. The van der Waals surface area contributed by atoms with Gasteiger partial charge < -0.3 is 5.73 Å². The second-order valence-corrected chi connectivity index (χ2v) is 5.54. The van der Waals surface area contributed by atoms with E-state index < -0.39 is 0 Å². The monoisotopic (exact) mass is 263 g/mol. The molecule has 1 atom stereocenters. The molecule has 0 radical (unpaired) electrons. The van der Waals surface area contributed by atoms with E-state index in [1.807, 2.05) is 32.2 Å². The highest BCUT2D eigenvalue weighted by Crippen LogP contribution is 2.10. The van der Waals surface area contributed by atoms with Crippen LogP contribution in [0.5, 0.6) is 0 Å². The maximum Gasteiger partial charge on any atom is 0.258 e. The molecule has 0 aliphatic rings. The van der Waals surface area contributed by atoms with Crippen LogP contribution in [0.1, 0.15) is 18.2 Å². The van der Waals surface area contributed by atoms with Crippen molar-refractivity contribution in [1.82, 2.24) is 9.38 Å². The molecule has 96 valence electrons. The van der Waals surface area contributed by atoms with Crippen LogP contribution in [-0.4, -0.2) is 21.2 Å². The standard InChI is InChI=1S/C13H17N3OS/c1-9-3-4-12-15-11(8-18-7-10(2)14)5-13(17)16(12)6-9/h3-6,10H,7-8,14H2,1-2H3. The molecule has 2 N–H and O–H groups in total. The summed E-state index contributed by atoms with van der Waals surface area (Å²) in [5.74, 6) is 1.59. The van der Waals surface area contributed by atoms with E-state index in [2.05, 4.69) is 4.98 Å². The van der Waals surface area contributed by atoms with Crippen LogP contribution in [0.15, 0.2) is 29.2 Å². The minimum Gasteiger partial charge on any atom is -0.327 e. The molecule has 0 saturated carbocycles. The van der Waals surface area contributed by atoms with Gasteiger partial charge in [0.15, 0.2) is 0 Å². The number of rotatable bonds is 4. The van der Waals surface area contributed by atoms with Gasteiger partial charge in [-0.2, -0.15) is 11.8 Å². The van der Waals surface area contributed by atoms with E-state index in [1.165, 1.54) is 0 Å². The molecular formula is C13H17N3OS. The predicted octanol–water partition coefficient (Wildman–Crippen LogP) is 1.58. The van der Waals surface area contributed by atoms with Crippen molar-refractivity contribution in [2.75, 3.05) is 5.75 Å². The topological polar surface area (TPSA) is 60.4 Å². The minimum absolute atomic E-state index is 0.0277. The van der Waals surface area contributed by atoms with E-state index in [0.29, 0.717) is 5.65 Å². The third kappa shape index (κ3) is 3.11. The first kappa shape index (κ1) is 13.1. The molecule has 2 rings (SSSR count). The molecule has 2 aromatic heterocycles. The number of aryl methyl sites for hydroxylation is 1. The number of aromatic nitrogens is 2. The molecule has 0 spiro atoms. The van der Waals surface area contributed by atoms with Crippen molar-refractivity contribution in [2.45, 2.75) is 25.6 Å². The maximum absolute atomic E-state index is 11.9. The van der Waals surface area contributed by atoms with Gasteiger partial charge in [0.1, 0.15) is 5.65 Å². The fraction of sp³-hybridized carbons (Fsp3) is 0.385. The molecule has 1 unspecified atom stereocenters. The molecule has 5 heteroatoms. The summed E-state index contributed by atoms with van der Waals surface area (Å²) in [5, 5.41) is 0. The molecule has 0 aromatic carbocycles. The van der Waals surface area contributed by atoms with E-state index in [1.54, 1.807) is 22.2 Å². The van der Waals surface area contributed by atoms with E-state index in [9.17, 15) is 4.79 Å². The highest BCUT2D eigenvalue weighted by molar-refractivity contribution is 7.98. The number of fused-ring (bicyclic) bond motifs is 1. The first-order chi connectivity index (χ1) is 8.56. The minimum atomic E-state index is -0.0277. The van der Waals surface area contributed by atoms with E-state index >= 15 is 0 Å². The lowest BCUT2D eigenvalue weighted by Crippen LogP contribution is -2.18. The van der Waals surface area contributed by atoms with Gasteiger partial charge in [0.2, 0.25) is 0 Å². The van der Waals surface area contributed by atoms with Crippen molar-refractivity contribution in [3.8, 4) is 0 Å². The summed E-state index contributed by atoms with van der Waals surface area (Å²) in [7, 11) is 0. The lowest BCUT2D eigenvalue weighted by atomic mass is 10.3. The zero-order chi connectivity index (χ0) is 13.1. The van der Waals surface area contributed by atoms with Gasteiger partial charge in [-0.05, 0) is 25.5 Å². The average molecular weight is 263 g/mol. The summed E-state index contributed by atoms with van der Waals surface area (Å²) in [6, 6.07) is 5.59. The Morgan fingerprint density at radius 2 is 2.28 bits per heavy atom. The van der Waals surface area contributed by atoms with Gasteiger partial charge in [0.05, 0.1) is 5.69 Å². The summed E-state index contributed by atoms with van der Waals surface area (Å²) < 4.78 is 1.58. The molecule has 0 amide bonds. The van der Waals surface area contributed by atoms with Gasteiger partial charge in [-0.25, -0.2) is 4.98 Å². The molecule has 2 heterocycles. The fourth-order valence-electron chi connectivity index (χ4n) is 1.68. The van der Waals surface area contributed by atoms with E-state index in [-0.39, 0.29) is 11.6 Å². The van der Waals surface area contributed by atoms with Crippen LogP contribution >= 0.6 is 11.8 Å². The third-order valence-corrected chi connectivity index (χ3v) is 3.75. The summed E-state index contributed by atoms with van der Waals surface area (Å²) in [6.45, 7) is 3.93. The van der Waals surface area contributed by atoms with Crippen LogP contribution in [0.2, 0.25) is 0 Å². The van der Waals surface area contributed by atoms with Crippen LogP contribution in [-0.2, 0) is 5.75 Å². The molecule has 0 bridgehead atoms. The lowest BCUT2D eigenvalue weighted by Gasteiger charge is -2.06. The lowest BCUT2D eigenvalue weighted by molar-refractivity contribution is 0.846. The van der Waals surface area contributed by atoms with Crippen molar-refractivity contribution in [2.24, 2.45) is 5.73 Å². The Hall–Kier alpha value is -1.33. The van der Waals surface area contributed by atoms with Crippen molar-refractivity contribution in [3.05, 3.63) is 46.0 Å². The number of thioether (sulfide) groups is 1. The Balaban J connectivity index is 2.26. The quantitative estimate of drug-likeness (QED) is 0.910. The summed E-state index contributed by atoms with van der Waals surface area (Å²) in [4.78, 5) is 16.4. The zero-order valence-corrected chi connectivity index (χ0v) is 11.4. The summed E-state index contributed by atoms with van der Waals surface area (Å²) in [6.07, 6.45) is 1.81. The number of hydrogen-bond acceptors (Lipinski definition) is 4. The van der Waals surface area contributed by atoms with Crippen molar-refractivity contribution in [1.29, 1.82) is 0 Å². The van der Waals surface area contributed by atoms with Crippen LogP contribution in [0.25, 0.3) is 5.65 Å². The van der Waals surface area contributed by atoms with Gasteiger partial charge >= 0.3 is 0 Å². The normalized spacial score (nSPS) is 12.8. The number of nitrogens with zero attached hydrogens (tertiary/aromatic N) is 2. The first-order valence-electron chi connectivity index (χ1n) is 5.88. The Labute approximate surface area is 110 Å². The molecule has 0 aliphatic heterocycles. The van der Waals surface area contributed by atoms with Crippen molar-refractivity contribution >= 4 is 17.4 Å². The highest BCUT2D eigenvalue weighted by Gasteiger charge is 2.03.